The van der Waals surface area contributed by atoms with E-state index in [-0.39, 0.29) is 11.4 Å². The molecule has 2 aromatic carbocycles. The summed E-state index contributed by atoms with van der Waals surface area (Å²) in [5.74, 6) is 0. The van der Waals surface area contributed by atoms with Gasteiger partial charge in [-0.3, -0.25) is 10.3 Å². The van der Waals surface area contributed by atoms with Crippen molar-refractivity contribution in [1.29, 1.82) is 0 Å². The average Bonchev–Trinajstić information content (AvgIpc) is 2.67. The number of aryl methyl sites for hydroxylation is 1. The molecule has 0 aliphatic heterocycles. The Morgan fingerprint density at radius 2 is 1.86 bits per heavy atom. The van der Waals surface area contributed by atoms with Crippen molar-refractivity contribution < 1.29 is 17.2 Å². The second-order valence-corrected chi connectivity index (χ2v) is 8.81. The Morgan fingerprint density at radius 3 is 2.62 bits per heavy atom. The fourth-order valence-corrected chi connectivity index (χ4v) is 4.29. The van der Waals surface area contributed by atoms with Crippen LogP contribution in [0.2, 0.25) is 0 Å². The standard InChI is InChI=1S/C21H23F2N3O2S/c1-15-5-3-4-6-18(15)12-21(22,23)25-13-16(2)26-29(27,28)20-8-7-19-14-24-10-9-17(19)11-20/h3-11,14,16,25-26H,12-13H2,1-2H3. The zero-order chi connectivity index (χ0) is 21.1. The van der Waals surface area contributed by atoms with Crippen molar-refractivity contribution in [2.24, 2.45) is 0 Å². The minimum absolute atomic E-state index is 0.0784. The number of fused-ring (bicyclic) bond motifs is 1. The number of rotatable bonds is 8. The van der Waals surface area contributed by atoms with Gasteiger partial charge in [0.15, 0.2) is 0 Å². The number of hydrogen-bond acceptors (Lipinski definition) is 4. The van der Waals surface area contributed by atoms with E-state index in [2.05, 4.69) is 15.0 Å². The molecule has 3 rings (SSSR count). The Morgan fingerprint density at radius 1 is 1.10 bits per heavy atom. The topological polar surface area (TPSA) is 71.1 Å². The van der Waals surface area contributed by atoms with Crippen molar-refractivity contribution >= 4 is 20.8 Å². The molecule has 1 heterocycles. The van der Waals surface area contributed by atoms with Gasteiger partial charge in [0.05, 0.1) is 11.3 Å². The van der Waals surface area contributed by atoms with Gasteiger partial charge in [0.25, 0.3) is 0 Å². The molecule has 2 N–H and O–H groups in total. The van der Waals surface area contributed by atoms with Gasteiger partial charge in [-0.25, -0.2) is 13.1 Å². The molecule has 0 amide bonds. The molecule has 1 unspecified atom stereocenters. The van der Waals surface area contributed by atoms with E-state index in [1.165, 1.54) is 12.1 Å². The highest BCUT2D eigenvalue weighted by molar-refractivity contribution is 7.89. The maximum atomic E-state index is 14.3. The van der Waals surface area contributed by atoms with Crippen LogP contribution in [0.4, 0.5) is 8.78 Å². The van der Waals surface area contributed by atoms with Crippen LogP contribution < -0.4 is 10.0 Å². The van der Waals surface area contributed by atoms with Gasteiger partial charge in [-0.05, 0) is 48.6 Å². The summed E-state index contributed by atoms with van der Waals surface area (Å²) in [7, 11) is -3.84. The quantitative estimate of drug-likeness (QED) is 0.547. The van der Waals surface area contributed by atoms with Crippen LogP contribution in [0.3, 0.4) is 0 Å². The first-order chi connectivity index (χ1) is 13.7. The zero-order valence-electron chi connectivity index (χ0n) is 16.2. The molecule has 0 aliphatic carbocycles. The number of halogens is 2. The number of aromatic nitrogens is 1. The molecule has 0 bridgehead atoms. The van der Waals surface area contributed by atoms with Crippen LogP contribution in [0.25, 0.3) is 10.8 Å². The fourth-order valence-electron chi connectivity index (χ4n) is 3.02. The predicted octanol–water partition coefficient (Wildman–Crippen LogP) is 3.64. The zero-order valence-corrected chi connectivity index (χ0v) is 17.0. The molecule has 0 spiro atoms. The van der Waals surface area contributed by atoms with Crippen LogP contribution >= 0.6 is 0 Å². The molecular weight excluding hydrogens is 396 g/mol. The summed E-state index contributed by atoms with van der Waals surface area (Å²) in [5.41, 5.74) is 1.33. The second-order valence-electron chi connectivity index (χ2n) is 7.10. The van der Waals surface area contributed by atoms with E-state index in [0.717, 1.165) is 16.3 Å². The molecule has 0 fully saturated rings. The smallest absolute Gasteiger partial charge is 0.264 e. The highest BCUT2D eigenvalue weighted by Gasteiger charge is 2.30. The monoisotopic (exact) mass is 419 g/mol. The van der Waals surface area contributed by atoms with Crippen molar-refractivity contribution in [3.63, 3.8) is 0 Å². The molecule has 1 atom stereocenters. The molecule has 5 nitrogen and oxygen atoms in total. The van der Waals surface area contributed by atoms with Crippen molar-refractivity contribution in [3.05, 3.63) is 72.1 Å². The van der Waals surface area contributed by atoms with Crippen LogP contribution in [0.5, 0.6) is 0 Å². The average molecular weight is 419 g/mol. The lowest BCUT2D eigenvalue weighted by molar-refractivity contribution is -0.0350. The SMILES string of the molecule is Cc1ccccc1CC(F)(F)NCC(C)NS(=O)(=O)c1ccc2cnccc2c1. The van der Waals surface area contributed by atoms with E-state index in [9.17, 15) is 17.2 Å². The van der Waals surface area contributed by atoms with Crippen LogP contribution in [0.1, 0.15) is 18.1 Å². The first-order valence-electron chi connectivity index (χ1n) is 9.20. The first-order valence-corrected chi connectivity index (χ1v) is 10.7. The van der Waals surface area contributed by atoms with E-state index >= 15 is 0 Å². The number of nitrogens with zero attached hydrogens (tertiary/aromatic N) is 1. The third kappa shape index (κ3) is 5.56. The highest BCUT2D eigenvalue weighted by atomic mass is 32.2. The van der Waals surface area contributed by atoms with Gasteiger partial charge in [-0.2, -0.15) is 8.78 Å². The van der Waals surface area contributed by atoms with Gasteiger partial charge in [-0.1, -0.05) is 30.3 Å². The molecule has 1 aromatic heterocycles. The van der Waals surface area contributed by atoms with Gasteiger partial charge >= 0.3 is 6.05 Å². The number of pyridine rings is 1. The van der Waals surface area contributed by atoms with Crippen molar-refractivity contribution in [3.8, 4) is 0 Å². The molecule has 0 saturated carbocycles. The van der Waals surface area contributed by atoms with Crippen LogP contribution in [0.15, 0.2) is 65.8 Å². The maximum absolute atomic E-state index is 14.3. The van der Waals surface area contributed by atoms with Crippen molar-refractivity contribution in [2.75, 3.05) is 6.54 Å². The third-order valence-electron chi connectivity index (χ3n) is 4.62. The van der Waals surface area contributed by atoms with Gasteiger partial charge in [0.2, 0.25) is 10.0 Å². The highest BCUT2D eigenvalue weighted by Crippen LogP contribution is 2.20. The minimum atomic E-state index is -3.84. The van der Waals surface area contributed by atoms with Gasteiger partial charge in [-0.15, -0.1) is 0 Å². The van der Waals surface area contributed by atoms with Crippen LogP contribution in [-0.2, 0) is 16.4 Å². The predicted molar refractivity (Wildman–Crippen MR) is 109 cm³/mol. The van der Waals surface area contributed by atoms with E-state index in [4.69, 9.17) is 0 Å². The molecule has 0 saturated heterocycles. The minimum Gasteiger partial charge on any atom is -0.264 e. The van der Waals surface area contributed by atoms with Gasteiger partial charge in [0.1, 0.15) is 0 Å². The fraction of sp³-hybridized carbons (Fsp3) is 0.286. The van der Waals surface area contributed by atoms with Gasteiger partial charge < -0.3 is 0 Å². The number of nitrogens with one attached hydrogen (secondary N) is 2. The van der Waals surface area contributed by atoms with E-state index in [0.29, 0.717) is 5.56 Å². The molecule has 0 radical (unpaired) electrons. The van der Waals surface area contributed by atoms with E-state index in [1.807, 2.05) is 0 Å². The lowest BCUT2D eigenvalue weighted by atomic mass is 10.0. The Labute approximate surface area is 169 Å². The van der Waals surface area contributed by atoms with E-state index < -0.39 is 28.5 Å². The molecule has 3 aromatic rings. The van der Waals surface area contributed by atoms with Crippen molar-refractivity contribution in [2.45, 2.75) is 37.3 Å². The number of sulfonamides is 1. The summed E-state index contributed by atoms with van der Waals surface area (Å²) >= 11 is 0. The summed E-state index contributed by atoms with van der Waals surface area (Å²) < 4.78 is 56.2. The number of benzene rings is 2. The summed E-state index contributed by atoms with van der Waals surface area (Å²) in [6.07, 6.45) is 2.76. The summed E-state index contributed by atoms with van der Waals surface area (Å²) in [6, 6.07) is 9.46. The van der Waals surface area contributed by atoms with E-state index in [1.54, 1.807) is 62.6 Å². The molecule has 8 heteroatoms. The van der Waals surface area contributed by atoms with Gasteiger partial charge in [0, 0.05) is 30.4 Å². The van der Waals surface area contributed by atoms with Crippen LogP contribution in [-0.4, -0.2) is 32.0 Å². The summed E-state index contributed by atoms with van der Waals surface area (Å²) in [6.45, 7) is 3.11. The number of hydrogen-bond donors (Lipinski definition) is 2. The molecular formula is C21H23F2N3O2S. The molecule has 154 valence electrons. The Kier molecular flexibility index (Phi) is 6.26. The first kappa shape index (κ1) is 21.3. The molecule has 29 heavy (non-hydrogen) atoms. The summed E-state index contributed by atoms with van der Waals surface area (Å²) in [4.78, 5) is 4.07. The van der Waals surface area contributed by atoms with Crippen molar-refractivity contribution in [1.82, 2.24) is 15.0 Å². The largest absolute Gasteiger partial charge is 0.306 e. The Balaban J connectivity index is 1.62. The molecule has 0 aliphatic rings. The van der Waals surface area contributed by atoms with Crippen LogP contribution in [0, 0.1) is 6.92 Å². The Hall–Kier alpha value is -2.42. The second kappa shape index (κ2) is 8.52. The third-order valence-corrected chi connectivity index (χ3v) is 6.21. The lowest BCUT2D eigenvalue weighted by Gasteiger charge is -2.22. The number of alkyl halides is 2. The summed E-state index contributed by atoms with van der Waals surface area (Å²) in [5, 5.41) is 3.72. The normalized spacial score (nSPS) is 13.5. The maximum Gasteiger partial charge on any atom is 0.306 e. The lowest BCUT2D eigenvalue weighted by Crippen LogP contribution is -2.47. The Bertz CT molecular complexity index is 1100.